The van der Waals surface area contributed by atoms with Crippen LogP contribution in [-0.4, -0.2) is 49.4 Å². The van der Waals surface area contributed by atoms with Gasteiger partial charge in [0.05, 0.1) is 24.0 Å². The maximum absolute atomic E-state index is 5.00. The molecule has 0 aliphatic heterocycles. The fourth-order valence-corrected chi connectivity index (χ4v) is 2.14. The molecule has 7 heteroatoms. The number of nitrogens with one attached hydrogen (secondary N) is 2. The molecule has 1 aromatic heterocycles. The lowest BCUT2D eigenvalue weighted by molar-refractivity contribution is 0.203. The first kappa shape index (κ1) is 18.7. The van der Waals surface area contributed by atoms with Gasteiger partial charge in [0.1, 0.15) is 0 Å². The van der Waals surface area contributed by atoms with Gasteiger partial charge in [-0.1, -0.05) is 12.1 Å². The Kier molecular flexibility index (Phi) is 8.83. The van der Waals surface area contributed by atoms with Crippen LogP contribution in [0.1, 0.15) is 6.42 Å². The summed E-state index contributed by atoms with van der Waals surface area (Å²) in [7, 11) is 3.46. The Balaban J connectivity index is 0.00000242. The van der Waals surface area contributed by atoms with Gasteiger partial charge in [0.15, 0.2) is 5.96 Å². The predicted molar refractivity (Wildman–Crippen MR) is 101 cm³/mol. The van der Waals surface area contributed by atoms with Crippen LogP contribution < -0.4 is 10.6 Å². The Bertz CT molecular complexity index is 584. The summed E-state index contributed by atoms with van der Waals surface area (Å²) in [6.45, 7) is 3.21. The molecule has 1 aromatic carbocycles. The van der Waals surface area contributed by atoms with E-state index >= 15 is 0 Å². The van der Waals surface area contributed by atoms with Crippen LogP contribution in [0.3, 0.4) is 0 Å². The van der Waals surface area contributed by atoms with Crippen molar-refractivity contribution in [2.75, 3.05) is 33.9 Å². The first-order chi connectivity index (χ1) is 10.3. The quantitative estimate of drug-likeness (QED) is 0.313. The summed E-state index contributed by atoms with van der Waals surface area (Å²) in [5.74, 6) is 0.808. The van der Waals surface area contributed by atoms with E-state index in [1.54, 1.807) is 14.2 Å². The molecule has 0 saturated carbocycles. The van der Waals surface area contributed by atoms with E-state index in [1.165, 1.54) is 5.52 Å². The molecule has 0 bridgehead atoms. The lowest BCUT2D eigenvalue weighted by Gasteiger charge is -2.11. The van der Waals surface area contributed by atoms with Crippen molar-refractivity contribution in [2.24, 2.45) is 4.99 Å². The second kappa shape index (κ2) is 10.4. The molecule has 2 rings (SSSR count). The van der Waals surface area contributed by atoms with Crippen LogP contribution in [0.4, 0.5) is 0 Å². The highest BCUT2D eigenvalue weighted by Gasteiger charge is 2.01. The van der Waals surface area contributed by atoms with Crippen LogP contribution in [0.15, 0.2) is 35.6 Å². The van der Waals surface area contributed by atoms with E-state index in [2.05, 4.69) is 31.2 Å². The number of imidazole rings is 1. The Labute approximate surface area is 148 Å². The lowest BCUT2D eigenvalue weighted by atomic mass is 10.3. The molecule has 0 unspecified atom stereocenters. The number of ether oxygens (including phenoxy) is 1. The second-order valence-electron chi connectivity index (χ2n) is 4.70. The van der Waals surface area contributed by atoms with Crippen molar-refractivity contribution in [3.63, 3.8) is 0 Å². The molecule has 0 amide bonds. The lowest BCUT2D eigenvalue weighted by Crippen LogP contribution is -2.39. The number of rotatable bonds is 7. The number of aliphatic imine (C=N–C) groups is 1. The van der Waals surface area contributed by atoms with Gasteiger partial charge in [-0.2, -0.15) is 0 Å². The minimum atomic E-state index is 0. The van der Waals surface area contributed by atoms with Crippen molar-refractivity contribution in [1.82, 2.24) is 20.2 Å². The number of hydrogen-bond acceptors (Lipinski definition) is 3. The molecule has 122 valence electrons. The number of benzene rings is 1. The number of aromatic nitrogens is 2. The minimum Gasteiger partial charge on any atom is -0.383 e. The van der Waals surface area contributed by atoms with Crippen LogP contribution in [-0.2, 0) is 11.3 Å². The largest absolute Gasteiger partial charge is 0.383 e. The van der Waals surface area contributed by atoms with Crippen molar-refractivity contribution in [3.8, 4) is 0 Å². The maximum Gasteiger partial charge on any atom is 0.191 e. The molecular formula is C15H24IN5O. The first-order valence-electron chi connectivity index (χ1n) is 7.18. The minimum absolute atomic E-state index is 0. The molecule has 0 spiro atoms. The Morgan fingerprint density at radius 2 is 2.05 bits per heavy atom. The summed E-state index contributed by atoms with van der Waals surface area (Å²) in [6.07, 6.45) is 2.90. The summed E-state index contributed by atoms with van der Waals surface area (Å²) < 4.78 is 7.18. The van der Waals surface area contributed by atoms with Crippen LogP contribution in [0.25, 0.3) is 11.0 Å². The predicted octanol–water partition coefficient (Wildman–Crippen LogP) is 1.86. The van der Waals surface area contributed by atoms with E-state index in [1.807, 2.05) is 24.5 Å². The molecule has 1 heterocycles. The summed E-state index contributed by atoms with van der Waals surface area (Å²) in [4.78, 5) is 8.56. The zero-order chi connectivity index (χ0) is 14.9. The number of halogens is 1. The number of para-hydroxylation sites is 2. The molecule has 2 N–H and O–H groups in total. The summed E-state index contributed by atoms with van der Waals surface area (Å²) >= 11 is 0. The number of hydrogen-bond donors (Lipinski definition) is 2. The molecule has 0 aliphatic carbocycles. The summed E-state index contributed by atoms with van der Waals surface area (Å²) in [5.41, 5.74) is 2.22. The number of aryl methyl sites for hydroxylation is 1. The smallest absolute Gasteiger partial charge is 0.191 e. The van der Waals surface area contributed by atoms with Gasteiger partial charge in [0, 0.05) is 33.8 Å². The van der Waals surface area contributed by atoms with Crippen LogP contribution in [0.5, 0.6) is 0 Å². The van der Waals surface area contributed by atoms with Gasteiger partial charge in [-0.15, -0.1) is 24.0 Å². The molecular weight excluding hydrogens is 393 g/mol. The van der Waals surface area contributed by atoms with Crippen LogP contribution in [0.2, 0.25) is 0 Å². The fraction of sp³-hybridized carbons (Fsp3) is 0.467. The Morgan fingerprint density at radius 1 is 1.27 bits per heavy atom. The Morgan fingerprint density at radius 3 is 2.82 bits per heavy atom. The summed E-state index contributed by atoms with van der Waals surface area (Å²) in [6, 6.07) is 8.18. The highest BCUT2D eigenvalue weighted by atomic mass is 127. The van der Waals surface area contributed by atoms with E-state index in [0.717, 1.165) is 37.5 Å². The SMILES string of the molecule is CN=C(NCCCn1cnc2ccccc21)NCCOC.I. The zero-order valence-electron chi connectivity index (χ0n) is 13.1. The average Bonchev–Trinajstić information content (AvgIpc) is 2.93. The molecule has 0 radical (unpaired) electrons. The monoisotopic (exact) mass is 417 g/mol. The van der Waals surface area contributed by atoms with E-state index in [0.29, 0.717) is 6.61 Å². The molecule has 0 aliphatic rings. The maximum atomic E-state index is 5.00. The molecule has 22 heavy (non-hydrogen) atoms. The van der Waals surface area contributed by atoms with Crippen LogP contribution >= 0.6 is 24.0 Å². The standard InChI is InChI=1S/C15H23N5O.HI/c1-16-15(18-9-11-21-2)17-8-5-10-20-12-19-13-6-3-4-7-14(13)20;/h3-4,6-7,12H,5,8-11H2,1-2H3,(H2,16,17,18);1H. The van der Waals surface area contributed by atoms with E-state index < -0.39 is 0 Å². The molecule has 6 nitrogen and oxygen atoms in total. The van der Waals surface area contributed by atoms with Gasteiger partial charge in [-0.05, 0) is 18.6 Å². The molecule has 0 fully saturated rings. The van der Waals surface area contributed by atoms with Gasteiger partial charge in [-0.25, -0.2) is 4.98 Å². The number of guanidine groups is 1. The van der Waals surface area contributed by atoms with Crippen molar-refractivity contribution in [3.05, 3.63) is 30.6 Å². The third kappa shape index (κ3) is 5.45. The van der Waals surface area contributed by atoms with Gasteiger partial charge in [0.25, 0.3) is 0 Å². The van der Waals surface area contributed by atoms with Gasteiger partial charge in [-0.3, -0.25) is 4.99 Å². The topological polar surface area (TPSA) is 63.5 Å². The second-order valence-corrected chi connectivity index (χ2v) is 4.70. The van der Waals surface area contributed by atoms with Crippen molar-refractivity contribution >= 4 is 41.0 Å². The summed E-state index contributed by atoms with van der Waals surface area (Å²) in [5, 5.41) is 6.48. The molecule has 0 saturated heterocycles. The van der Waals surface area contributed by atoms with E-state index in [4.69, 9.17) is 4.74 Å². The highest BCUT2D eigenvalue weighted by molar-refractivity contribution is 14.0. The molecule has 0 atom stereocenters. The first-order valence-corrected chi connectivity index (χ1v) is 7.18. The van der Waals surface area contributed by atoms with Gasteiger partial charge in [0.2, 0.25) is 0 Å². The zero-order valence-corrected chi connectivity index (χ0v) is 15.4. The van der Waals surface area contributed by atoms with E-state index in [-0.39, 0.29) is 24.0 Å². The van der Waals surface area contributed by atoms with Crippen molar-refractivity contribution < 1.29 is 4.74 Å². The van der Waals surface area contributed by atoms with Gasteiger partial charge >= 0.3 is 0 Å². The van der Waals surface area contributed by atoms with E-state index in [9.17, 15) is 0 Å². The van der Waals surface area contributed by atoms with Crippen molar-refractivity contribution in [1.29, 1.82) is 0 Å². The fourth-order valence-electron chi connectivity index (χ4n) is 2.14. The van der Waals surface area contributed by atoms with Gasteiger partial charge < -0.3 is 19.9 Å². The van der Waals surface area contributed by atoms with Crippen LogP contribution in [0, 0.1) is 0 Å². The average molecular weight is 417 g/mol. The third-order valence-corrected chi connectivity index (χ3v) is 3.22. The third-order valence-electron chi connectivity index (χ3n) is 3.22. The molecule has 2 aromatic rings. The van der Waals surface area contributed by atoms with Crippen molar-refractivity contribution in [2.45, 2.75) is 13.0 Å². The highest BCUT2D eigenvalue weighted by Crippen LogP contribution is 2.11. The number of nitrogens with zero attached hydrogens (tertiary/aromatic N) is 3. The normalized spacial score (nSPS) is 11.3. The Hall–Kier alpha value is -1.35. The number of methoxy groups -OCH3 is 1. The number of fused-ring (bicyclic) bond motifs is 1.